The van der Waals surface area contributed by atoms with Crippen molar-refractivity contribution < 1.29 is 9.26 Å². The van der Waals surface area contributed by atoms with E-state index in [1.54, 1.807) is 7.11 Å². The first-order chi connectivity index (χ1) is 9.96. The van der Waals surface area contributed by atoms with Gasteiger partial charge in [-0.3, -0.25) is 0 Å². The summed E-state index contributed by atoms with van der Waals surface area (Å²) < 4.78 is 11.4. The summed E-state index contributed by atoms with van der Waals surface area (Å²) in [6.07, 6.45) is 5.26. The SMILES string of the molecule is COC1(c2noc(C3CCNC3C)n2)CCC(C)(C)CC1. The molecule has 5 nitrogen and oxygen atoms in total. The number of hydrogen-bond donors (Lipinski definition) is 1. The quantitative estimate of drug-likeness (QED) is 0.928. The van der Waals surface area contributed by atoms with Gasteiger partial charge in [0.1, 0.15) is 5.60 Å². The van der Waals surface area contributed by atoms with E-state index in [-0.39, 0.29) is 5.60 Å². The van der Waals surface area contributed by atoms with Gasteiger partial charge in [-0.2, -0.15) is 4.98 Å². The van der Waals surface area contributed by atoms with Crippen molar-refractivity contribution in [2.75, 3.05) is 13.7 Å². The van der Waals surface area contributed by atoms with Crippen LogP contribution in [0, 0.1) is 5.41 Å². The Morgan fingerprint density at radius 3 is 2.52 bits per heavy atom. The number of methoxy groups -OCH3 is 1. The maximum Gasteiger partial charge on any atom is 0.231 e. The fourth-order valence-electron chi connectivity index (χ4n) is 3.62. The van der Waals surface area contributed by atoms with Crippen molar-refractivity contribution in [2.45, 2.75) is 70.4 Å². The third-order valence-corrected chi connectivity index (χ3v) is 5.49. The van der Waals surface area contributed by atoms with Gasteiger partial charge in [0.2, 0.25) is 11.7 Å². The highest BCUT2D eigenvalue weighted by Crippen LogP contribution is 2.46. The molecule has 5 heteroatoms. The molecule has 1 aliphatic carbocycles. The van der Waals surface area contributed by atoms with Crippen molar-refractivity contribution >= 4 is 0 Å². The number of ether oxygens (including phenoxy) is 1. The van der Waals surface area contributed by atoms with E-state index in [9.17, 15) is 0 Å². The topological polar surface area (TPSA) is 60.2 Å². The van der Waals surface area contributed by atoms with Crippen LogP contribution in [0.4, 0.5) is 0 Å². The van der Waals surface area contributed by atoms with Crippen molar-refractivity contribution in [2.24, 2.45) is 5.41 Å². The van der Waals surface area contributed by atoms with E-state index in [1.807, 2.05) is 0 Å². The molecule has 2 atom stereocenters. The Balaban J connectivity index is 1.81. The molecule has 2 heterocycles. The van der Waals surface area contributed by atoms with Gasteiger partial charge in [0, 0.05) is 13.2 Å². The van der Waals surface area contributed by atoms with Crippen molar-refractivity contribution in [1.82, 2.24) is 15.5 Å². The predicted molar refractivity (Wildman–Crippen MR) is 80.1 cm³/mol. The first kappa shape index (κ1) is 15.0. The zero-order valence-electron chi connectivity index (χ0n) is 13.6. The molecule has 21 heavy (non-hydrogen) atoms. The van der Waals surface area contributed by atoms with Crippen LogP contribution in [-0.4, -0.2) is 29.8 Å². The molecule has 1 aromatic rings. The molecule has 0 amide bonds. The van der Waals surface area contributed by atoms with Crippen LogP contribution >= 0.6 is 0 Å². The fourth-order valence-corrected chi connectivity index (χ4v) is 3.62. The van der Waals surface area contributed by atoms with Gasteiger partial charge in [0.05, 0.1) is 5.92 Å². The molecule has 0 aromatic carbocycles. The van der Waals surface area contributed by atoms with Crippen LogP contribution in [0.1, 0.15) is 70.5 Å². The maximum absolute atomic E-state index is 5.86. The van der Waals surface area contributed by atoms with Gasteiger partial charge in [0.25, 0.3) is 0 Å². The Morgan fingerprint density at radius 1 is 1.24 bits per heavy atom. The van der Waals surface area contributed by atoms with Crippen LogP contribution in [0.2, 0.25) is 0 Å². The van der Waals surface area contributed by atoms with E-state index in [4.69, 9.17) is 14.2 Å². The van der Waals surface area contributed by atoms with Gasteiger partial charge in [0.15, 0.2) is 0 Å². The van der Waals surface area contributed by atoms with Crippen LogP contribution in [0.3, 0.4) is 0 Å². The van der Waals surface area contributed by atoms with Crippen LogP contribution < -0.4 is 5.32 Å². The summed E-state index contributed by atoms with van der Waals surface area (Å²) in [6.45, 7) is 7.84. The van der Waals surface area contributed by atoms with Crippen molar-refractivity contribution in [1.29, 1.82) is 0 Å². The van der Waals surface area contributed by atoms with Gasteiger partial charge in [-0.25, -0.2) is 0 Å². The molecule has 2 unspecified atom stereocenters. The first-order valence-electron chi connectivity index (χ1n) is 8.08. The minimum absolute atomic E-state index is 0.334. The molecule has 0 spiro atoms. The summed E-state index contributed by atoms with van der Waals surface area (Å²) in [7, 11) is 1.77. The third-order valence-electron chi connectivity index (χ3n) is 5.49. The average molecular weight is 293 g/mol. The molecule has 2 fully saturated rings. The van der Waals surface area contributed by atoms with Crippen LogP contribution in [0.5, 0.6) is 0 Å². The average Bonchev–Trinajstić information content (AvgIpc) is 3.08. The van der Waals surface area contributed by atoms with E-state index < -0.39 is 0 Å². The number of nitrogens with zero attached hydrogens (tertiary/aromatic N) is 2. The minimum Gasteiger partial charge on any atom is -0.370 e. The Morgan fingerprint density at radius 2 is 1.95 bits per heavy atom. The largest absolute Gasteiger partial charge is 0.370 e. The van der Waals surface area contributed by atoms with Gasteiger partial charge >= 0.3 is 0 Å². The Bertz CT molecular complexity index is 487. The molecular formula is C16H27N3O2. The number of rotatable bonds is 3. The minimum atomic E-state index is -0.355. The Kier molecular flexibility index (Phi) is 3.82. The summed E-state index contributed by atoms with van der Waals surface area (Å²) in [5.41, 5.74) is 0.0328. The molecule has 0 radical (unpaired) electrons. The maximum atomic E-state index is 5.86. The van der Waals surface area contributed by atoms with Gasteiger partial charge in [-0.1, -0.05) is 19.0 Å². The fraction of sp³-hybridized carbons (Fsp3) is 0.875. The Hall–Kier alpha value is -0.940. The summed E-state index contributed by atoms with van der Waals surface area (Å²) >= 11 is 0. The van der Waals surface area contributed by atoms with E-state index in [1.165, 1.54) is 0 Å². The highest BCUT2D eigenvalue weighted by Gasteiger charge is 2.44. The van der Waals surface area contributed by atoms with Crippen molar-refractivity contribution in [3.05, 3.63) is 11.7 Å². The summed E-state index contributed by atoms with van der Waals surface area (Å²) in [5.74, 6) is 1.85. The first-order valence-corrected chi connectivity index (χ1v) is 8.08. The monoisotopic (exact) mass is 293 g/mol. The Labute approximate surface area is 126 Å². The zero-order chi connectivity index (χ0) is 15.1. The van der Waals surface area contributed by atoms with E-state index >= 15 is 0 Å². The summed E-state index contributed by atoms with van der Waals surface area (Å²) in [5, 5.41) is 7.70. The molecule has 118 valence electrons. The molecule has 0 bridgehead atoms. The van der Waals surface area contributed by atoms with Crippen molar-refractivity contribution in [3.63, 3.8) is 0 Å². The summed E-state index contributed by atoms with van der Waals surface area (Å²) in [4.78, 5) is 4.71. The molecule has 1 N–H and O–H groups in total. The second-order valence-corrected chi connectivity index (χ2v) is 7.46. The molecule has 1 aromatic heterocycles. The van der Waals surface area contributed by atoms with Gasteiger partial charge in [-0.15, -0.1) is 0 Å². The van der Waals surface area contributed by atoms with E-state index in [0.29, 0.717) is 17.4 Å². The standard InChI is InChI=1S/C16H27N3O2/c1-11-12(5-10-17-11)13-18-14(19-21-13)16(20-4)8-6-15(2,3)7-9-16/h11-12,17H,5-10H2,1-4H3. The number of aromatic nitrogens is 2. The van der Waals surface area contributed by atoms with Crippen LogP contribution in [0.15, 0.2) is 4.52 Å². The molecule has 2 aliphatic rings. The van der Waals surface area contributed by atoms with Gasteiger partial charge in [-0.05, 0) is 51.0 Å². The lowest BCUT2D eigenvalue weighted by molar-refractivity contribution is -0.0740. The van der Waals surface area contributed by atoms with E-state index in [0.717, 1.165) is 50.4 Å². The lowest BCUT2D eigenvalue weighted by Gasteiger charge is -2.40. The number of nitrogens with one attached hydrogen (secondary N) is 1. The van der Waals surface area contributed by atoms with Gasteiger partial charge < -0.3 is 14.6 Å². The number of hydrogen-bond acceptors (Lipinski definition) is 5. The molecule has 1 saturated carbocycles. The van der Waals surface area contributed by atoms with Crippen LogP contribution in [0.25, 0.3) is 0 Å². The molecule has 1 aliphatic heterocycles. The predicted octanol–water partition coefficient (Wildman–Crippen LogP) is 2.98. The second-order valence-electron chi connectivity index (χ2n) is 7.46. The lowest BCUT2D eigenvalue weighted by Crippen LogP contribution is -2.37. The summed E-state index contributed by atoms with van der Waals surface area (Å²) in [6, 6.07) is 0.405. The normalized spacial score (nSPS) is 31.4. The third kappa shape index (κ3) is 2.73. The zero-order valence-corrected chi connectivity index (χ0v) is 13.6. The molecule has 1 saturated heterocycles. The smallest absolute Gasteiger partial charge is 0.231 e. The lowest BCUT2D eigenvalue weighted by atomic mass is 9.70. The highest BCUT2D eigenvalue weighted by atomic mass is 16.5. The molecular weight excluding hydrogens is 266 g/mol. The van der Waals surface area contributed by atoms with Crippen LogP contribution in [-0.2, 0) is 10.3 Å². The highest BCUT2D eigenvalue weighted by molar-refractivity contribution is 5.09. The van der Waals surface area contributed by atoms with E-state index in [2.05, 4.69) is 31.2 Å². The molecule has 3 rings (SSSR count). The van der Waals surface area contributed by atoms with Crippen molar-refractivity contribution in [3.8, 4) is 0 Å². The second kappa shape index (κ2) is 5.36.